The Morgan fingerprint density at radius 2 is 1.53 bits per heavy atom. The number of piperazine rings is 1. The van der Waals surface area contributed by atoms with E-state index < -0.39 is 24.3 Å². The molecule has 1 fully saturated rings. The van der Waals surface area contributed by atoms with Gasteiger partial charge in [-0.1, -0.05) is 18.5 Å². The number of carbonyl (C=O) groups is 2. The maximum Gasteiger partial charge on any atom is 0.490 e. The molecule has 3 heterocycles. The quantitative estimate of drug-likeness (QED) is 0.492. The Kier molecular flexibility index (Phi) is 11.4. The van der Waals surface area contributed by atoms with Crippen LogP contribution < -0.4 is 4.90 Å². The summed E-state index contributed by atoms with van der Waals surface area (Å²) in [6.45, 7) is 9.29. The van der Waals surface area contributed by atoms with Crippen LogP contribution in [0.25, 0.3) is 0 Å². The molecule has 0 amide bonds. The van der Waals surface area contributed by atoms with Crippen LogP contribution in [0.5, 0.6) is 0 Å². The van der Waals surface area contributed by atoms with Crippen LogP contribution in [0.2, 0.25) is 5.02 Å². The van der Waals surface area contributed by atoms with Crippen molar-refractivity contribution >= 4 is 29.4 Å². The highest BCUT2D eigenvalue weighted by molar-refractivity contribution is 6.30. The molecular formula is C20H24ClF6N5O4. The van der Waals surface area contributed by atoms with Crippen molar-refractivity contribution in [2.75, 3.05) is 31.1 Å². The fourth-order valence-electron chi connectivity index (χ4n) is 2.89. The summed E-state index contributed by atoms with van der Waals surface area (Å²) in [7, 11) is 0. The highest BCUT2D eigenvalue weighted by Gasteiger charge is 2.38. The molecule has 2 aromatic heterocycles. The molecule has 0 bridgehead atoms. The van der Waals surface area contributed by atoms with Gasteiger partial charge in [0.15, 0.2) is 0 Å². The molecule has 36 heavy (non-hydrogen) atoms. The number of carboxylic acids is 2. The van der Waals surface area contributed by atoms with E-state index in [0.717, 1.165) is 45.0 Å². The third-order valence-corrected chi connectivity index (χ3v) is 5.04. The van der Waals surface area contributed by atoms with Gasteiger partial charge in [-0.3, -0.25) is 10.00 Å². The fraction of sp³-hybridized carbons (Fsp3) is 0.500. The molecule has 1 aliphatic heterocycles. The smallest absolute Gasteiger partial charge is 0.475 e. The van der Waals surface area contributed by atoms with Crippen molar-refractivity contribution in [3.63, 3.8) is 0 Å². The van der Waals surface area contributed by atoms with Crippen molar-refractivity contribution in [3.05, 3.63) is 40.3 Å². The number of pyridine rings is 1. The van der Waals surface area contributed by atoms with E-state index in [4.69, 9.17) is 31.4 Å². The zero-order valence-electron chi connectivity index (χ0n) is 19.1. The largest absolute Gasteiger partial charge is 0.490 e. The average molecular weight is 548 g/mol. The first-order valence-electron chi connectivity index (χ1n) is 10.3. The summed E-state index contributed by atoms with van der Waals surface area (Å²) in [6.07, 6.45) is -7.47. The Labute approximate surface area is 206 Å². The van der Waals surface area contributed by atoms with Crippen LogP contribution in [0.1, 0.15) is 23.9 Å². The second kappa shape index (κ2) is 13.3. The van der Waals surface area contributed by atoms with Crippen LogP contribution in [-0.2, 0) is 22.6 Å². The first kappa shape index (κ1) is 31.0. The summed E-state index contributed by atoms with van der Waals surface area (Å²) in [5, 5.41) is 22.5. The van der Waals surface area contributed by atoms with E-state index in [1.54, 1.807) is 6.20 Å². The van der Waals surface area contributed by atoms with Crippen molar-refractivity contribution in [2.45, 2.75) is 39.2 Å². The van der Waals surface area contributed by atoms with Crippen LogP contribution in [-0.4, -0.2) is 80.8 Å². The molecule has 3 N–H and O–H groups in total. The van der Waals surface area contributed by atoms with Crippen LogP contribution >= 0.6 is 11.6 Å². The topological polar surface area (TPSA) is 123 Å². The van der Waals surface area contributed by atoms with Crippen molar-refractivity contribution in [3.8, 4) is 0 Å². The molecule has 0 aliphatic carbocycles. The van der Waals surface area contributed by atoms with Gasteiger partial charge in [-0.05, 0) is 31.0 Å². The molecule has 3 rings (SSSR count). The molecule has 0 aromatic carbocycles. The number of carboxylic acid groups (broad SMARTS) is 2. The monoisotopic (exact) mass is 547 g/mol. The average Bonchev–Trinajstić information content (AvgIpc) is 3.13. The SMILES string of the molecule is CCc1n[nH]c(CN2CCN(c3ccc(Cl)cn3)CC2)c1C.O=C(O)C(F)(F)F.O=C(O)C(F)(F)F. The highest BCUT2D eigenvalue weighted by atomic mass is 35.5. The molecule has 0 radical (unpaired) electrons. The Morgan fingerprint density at radius 1 is 1.03 bits per heavy atom. The second-order valence-corrected chi connectivity index (χ2v) is 7.77. The standard InChI is InChI=1S/C16H22ClN5.2C2HF3O2/c1-3-14-12(2)15(20-19-14)11-21-6-8-22(9-7-21)16-5-4-13(17)10-18-16;2*3-2(4,5)1(6)7/h4-5,10H,3,6-9,11H2,1-2H3,(H,19,20);2*(H,6,7). The number of nitrogens with zero attached hydrogens (tertiary/aromatic N) is 4. The summed E-state index contributed by atoms with van der Waals surface area (Å²) in [5.74, 6) is -4.50. The van der Waals surface area contributed by atoms with E-state index in [2.05, 4.69) is 38.8 Å². The number of aromatic nitrogens is 3. The number of hydrogen-bond donors (Lipinski definition) is 3. The molecule has 0 atom stereocenters. The first-order valence-corrected chi connectivity index (χ1v) is 10.7. The Balaban J connectivity index is 0.000000383. The summed E-state index contributed by atoms with van der Waals surface area (Å²) in [4.78, 5) is 27.0. The molecular weight excluding hydrogens is 524 g/mol. The predicted octanol–water partition coefficient (Wildman–Crippen LogP) is 3.92. The molecule has 0 spiro atoms. The van der Waals surface area contributed by atoms with Crippen LogP contribution in [0.3, 0.4) is 0 Å². The minimum absolute atomic E-state index is 0.684. The van der Waals surface area contributed by atoms with Gasteiger partial charge in [0.2, 0.25) is 0 Å². The Bertz CT molecular complexity index is 966. The van der Waals surface area contributed by atoms with E-state index >= 15 is 0 Å². The molecule has 9 nitrogen and oxygen atoms in total. The van der Waals surface area contributed by atoms with Crippen LogP contribution in [0.15, 0.2) is 18.3 Å². The zero-order valence-corrected chi connectivity index (χ0v) is 19.9. The predicted molar refractivity (Wildman–Crippen MR) is 117 cm³/mol. The number of aliphatic carboxylic acids is 2. The summed E-state index contributed by atoms with van der Waals surface area (Å²) >= 11 is 5.89. The van der Waals surface area contributed by atoms with Crippen molar-refractivity contribution in [1.29, 1.82) is 0 Å². The number of anilines is 1. The number of nitrogens with one attached hydrogen (secondary N) is 1. The van der Waals surface area contributed by atoms with Gasteiger partial charge in [0.1, 0.15) is 5.82 Å². The van der Waals surface area contributed by atoms with Gasteiger partial charge in [-0.15, -0.1) is 0 Å². The lowest BCUT2D eigenvalue weighted by Gasteiger charge is -2.35. The third kappa shape index (κ3) is 10.3. The van der Waals surface area contributed by atoms with E-state index in [-0.39, 0.29) is 0 Å². The maximum absolute atomic E-state index is 10.6. The molecule has 0 saturated carbocycles. The Morgan fingerprint density at radius 3 is 1.89 bits per heavy atom. The zero-order chi connectivity index (χ0) is 27.7. The normalized spacial score (nSPS) is 14.3. The number of alkyl halides is 6. The lowest BCUT2D eigenvalue weighted by atomic mass is 10.1. The first-order chi connectivity index (χ1) is 16.6. The van der Waals surface area contributed by atoms with Crippen molar-refractivity contribution < 1.29 is 46.1 Å². The second-order valence-electron chi connectivity index (χ2n) is 7.33. The molecule has 1 saturated heterocycles. The molecule has 2 aromatic rings. The minimum Gasteiger partial charge on any atom is -0.475 e. The fourth-order valence-corrected chi connectivity index (χ4v) is 3.00. The number of H-pyrrole nitrogens is 1. The maximum atomic E-state index is 10.6. The van der Waals surface area contributed by atoms with Gasteiger partial charge < -0.3 is 15.1 Å². The van der Waals surface area contributed by atoms with Gasteiger partial charge in [-0.2, -0.15) is 31.4 Å². The third-order valence-electron chi connectivity index (χ3n) is 4.82. The summed E-state index contributed by atoms with van der Waals surface area (Å²) in [5.41, 5.74) is 3.73. The van der Waals surface area contributed by atoms with Gasteiger partial charge in [0.05, 0.1) is 16.4 Å². The van der Waals surface area contributed by atoms with Gasteiger partial charge in [0, 0.05) is 38.9 Å². The Hall–Kier alpha value is -3.07. The van der Waals surface area contributed by atoms with Gasteiger partial charge >= 0.3 is 24.3 Å². The highest BCUT2D eigenvalue weighted by Crippen LogP contribution is 2.18. The van der Waals surface area contributed by atoms with Gasteiger partial charge in [-0.25, -0.2) is 14.6 Å². The molecule has 16 heteroatoms. The lowest BCUT2D eigenvalue weighted by molar-refractivity contribution is -0.193. The van der Waals surface area contributed by atoms with E-state index in [0.29, 0.717) is 5.02 Å². The molecule has 202 valence electrons. The van der Waals surface area contributed by atoms with Crippen LogP contribution in [0.4, 0.5) is 32.2 Å². The number of aromatic amines is 1. The van der Waals surface area contributed by atoms with Crippen molar-refractivity contribution in [1.82, 2.24) is 20.1 Å². The van der Waals surface area contributed by atoms with E-state index in [1.807, 2.05) is 12.1 Å². The van der Waals surface area contributed by atoms with Crippen LogP contribution in [0, 0.1) is 6.92 Å². The summed E-state index contributed by atoms with van der Waals surface area (Å²) < 4.78 is 63.5. The lowest BCUT2D eigenvalue weighted by Crippen LogP contribution is -2.46. The molecule has 1 aliphatic rings. The van der Waals surface area contributed by atoms with Crippen molar-refractivity contribution in [2.24, 2.45) is 0 Å². The number of aryl methyl sites for hydroxylation is 1. The molecule has 0 unspecified atom stereocenters. The number of hydrogen-bond acceptors (Lipinski definition) is 6. The van der Waals surface area contributed by atoms with E-state index in [1.165, 1.54) is 17.0 Å². The minimum atomic E-state index is -5.08. The number of halogens is 7. The summed E-state index contributed by atoms with van der Waals surface area (Å²) in [6, 6.07) is 3.89. The van der Waals surface area contributed by atoms with Gasteiger partial charge in [0.25, 0.3) is 0 Å². The van der Waals surface area contributed by atoms with E-state index in [9.17, 15) is 26.3 Å². The number of rotatable bonds is 4.